The van der Waals surface area contributed by atoms with Gasteiger partial charge in [-0.3, -0.25) is 9.69 Å². The maximum atomic E-state index is 13.5. The van der Waals surface area contributed by atoms with Crippen LogP contribution in [0.15, 0.2) is 42.5 Å². The van der Waals surface area contributed by atoms with Gasteiger partial charge in [0, 0.05) is 36.3 Å². The molecule has 1 aromatic heterocycles. The fourth-order valence-corrected chi connectivity index (χ4v) is 4.68. The van der Waals surface area contributed by atoms with Gasteiger partial charge in [-0.15, -0.1) is 0 Å². The molecule has 0 unspecified atom stereocenters. The Labute approximate surface area is 175 Å². The zero-order valence-corrected chi connectivity index (χ0v) is 17.4. The number of ketones is 1. The minimum atomic E-state index is 0.0306. The van der Waals surface area contributed by atoms with Crippen LogP contribution in [0.3, 0.4) is 0 Å². The van der Waals surface area contributed by atoms with Crippen LogP contribution in [-0.2, 0) is 4.74 Å². The van der Waals surface area contributed by atoms with Gasteiger partial charge in [-0.1, -0.05) is 12.1 Å². The van der Waals surface area contributed by atoms with Crippen LogP contribution in [0.25, 0.3) is 10.9 Å². The van der Waals surface area contributed by atoms with Crippen LogP contribution >= 0.6 is 0 Å². The molecule has 5 rings (SSSR count). The first-order chi connectivity index (χ1) is 14.7. The monoisotopic (exact) mass is 406 g/mol. The van der Waals surface area contributed by atoms with Crippen LogP contribution in [0.1, 0.15) is 27.7 Å². The number of carbonyl (C=O) groups is 1. The van der Waals surface area contributed by atoms with Crippen LogP contribution in [0, 0.1) is 6.92 Å². The largest absolute Gasteiger partial charge is 0.497 e. The van der Waals surface area contributed by atoms with Crippen LogP contribution in [0.4, 0.5) is 0 Å². The number of methoxy groups -OCH3 is 1. The second-order valence-electron chi connectivity index (χ2n) is 7.92. The normalized spacial score (nSPS) is 18.9. The second kappa shape index (κ2) is 7.78. The summed E-state index contributed by atoms with van der Waals surface area (Å²) in [6.45, 7) is 6.95. The number of morpholine rings is 1. The number of benzene rings is 2. The first kappa shape index (κ1) is 19.2. The Balaban J connectivity index is 1.58. The molecule has 2 aliphatic heterocycles. The van der Waals surface area contributed by atoms with Gasteiger partial charge in [0.05, 0.1) is 37.4 Å². The minimum absolute atomic E-state index is 0.0306. The van der Waals surface area contributed by atoms with Gasteiger partial charge in [-0.2, -0.15) is 0 Å². The molecule has 1 fully saturated rings. The summed E-state index contributed by atoms with van der Waals surface area (Å²) >= 11 is 0. The Bertz CT molecular complexity index is 1080. The Morgan fingerprint density at radius 1 is 1.13 bits per heavy atom. The summed E-state index contributed by atoms with van der Waals surface area (Å²) < 4.78 is 19.2. The molecule has 156 valence electrons. The van der Waals surface area contributed by atoms with E-state index in [0.717, 1.165) is 66.5 Å². The summed E-state index contributed by atoms with van der Waals surface area (Å²) in [5, 5.41) is 0.956. The van der Waals surface area contributed by atoms with Crippen molar-refractivity contribution in [3.63, 3.8) is 0 Å². The first-order valence-electron chi connectivity index (χ1n) is 10.4. The first-order valence-corrected chi connectivity index (χ1v) is 10.4. The molecule has 1 saturated heterocycles. The van der Waals surface area contributed by atoms with E-state index in [9.17, 15) is 4.79 Å². The van der Waals surface area contributed by atoms with E-state index in [1.807, 2.05) is 42.5 Å². The lowest BCUT2D eigenvalue weighted by atomic mass is 10.0. The van der Waals surface area contributed by atoms with Gasteiger partial charge in [-0.25, -0.2) is 0 Å². The summed E-state index contributed by atoms with van der Waals surface area (Å²) in [6.07, 6.45) is 0. The van der Waals surface area contributed by atoms with Gasteiger partial charge in [0.25, 0.3) is 0 Å². The van der Waals surface area contributed by atoms with Gasteiger partial charge < -0.3 is 18.8 Å². The number of ether oxygens (including phenoxy) is 3. The third-order valence-corrected chi connectivity index (χ3v) is 6.18. The van der Waals surface area contributed by atoms with E-state index in [1.54, 1.807) is 7.11 Å². The average Bonchev–Trinajstić information content (AvgIpc) is 3.09. The topological polar surface area (TPSA) is 52.9 Å². The van der Waals surface area contributed by atoms with Crippen LogP contribution in [0.2, 0.25) is 0 Å². The van der Waals surface area contributed by atoms with Crippen molar-refractivity contribution in [3.8, 4) is 11.5 Å². The molecule has 0 spiro atoms. The summed E-state index contributed by atoms with van der Waals surface area (Å²) in [5.41, 5.74) is 3.44. The summed E-state index contributed by atoms with van der Waals surface area (Å²) in [7, 11) is 1.63. The average molecular weight is 406 g/mol. The number of aromatic nitrogens is 1. The van der Waals surface area contributed by atoms with Crippen LogP contribution < -0.4 is 9.47 Å². The lowest BCUT2D eigenvalue weighted by Gasteiger charge is -2.34. The van der Waals surface area contributed by atoms with Gasteiger partial charge >= 0.3 is 0 Å². The quantitative estimate of drug-likeness (QED) is 0.608. The van der Waals surface area contributed by atoms with E-state index in [1.165, 1.54) is 0 Å². The Morgan fingerprint density at radius 3 is 2.63 bits per heavy atom. The molecule has 6 nitrogen and oxygen atoms in total. The van der Waals surface area contributed by atoms with Crippen molar-refractivity contribution in [1.82, 2.24) is 9.47 Å². The SMILES string of the molecule is COc1ccc(C(=O)c2c(C)n3c4c(cccc24)OC[C@@H]3CN2CCOCC2)cc1. The molecule has 2 aromatic carbocycles. The second-order valence-corrected chi connectivity index (χ2v) is 7.92. The molecule has 1 atom stereocenters. The lowest BCUT2D eigenvalue weighted by molar-refractivity contribution is 0.0272. The van der Waals surface area contributed by atoms with E-state index >= 15 is 0 Å². The van der Waals surface area contributed by atoms with Gasteiger partial charge in [0.2, 0.25) is 0 Å². The smallest absolute Gasteiger partial charge is 0.195 e. The lowest BCUT2D eigenvalue weighted by Crippen LogP contribution is -2.42. The van der Waals surface area contributed by atoms with Crippen molar-refractivity contribution < 1.29 is 19.0 Å². The summed E-state index contributed by atoms with van der Waals surface area (Å²) in [6, 6.07) is 13.5. The van der Waals surface area contributed by atoms with Crippen LogP contribution in [-0.4, -0.2) is 61.8 Å². The van der Waals surface area contributed by atoms with Crippen molar-refractivity contribution in [2.24, 2.45) is 0 Å². The van der Waals surface area contributed by atoms with Crippen LogP contribution in [0.5, 0.6) is 11.5 Å². The zero-order chi connectivity index (χ0) is 20.7. The molecule has 0 amide bonds. The molecule has 6 heteroatoms. The number of para-hydroxylation sites is 1. The predicted octanol–water partition coefficient (Wildman–Crippen LogP) is 3.46. The van der Waals surface area contributed by atoms with Crippen molar-refractivity contribution in [2.75, 3.05) is 46.6 Å². The molecule has 3 aromatic rings. The maximum absolute atomic E-state index is 13.5. The van der Waals surface area contributed by atoms with Gasteiger partial charge in [0.15, 0.2) is 5.78 Å². The molecule has 0 aliphatic carbocycles. The highest BCUT2D eigenvalue weighted by Crippen LogP contribution is 2.39. The van der Waals surface area contributed by atoms with E-state index in [2.05, 4.69) is 16.4 Å². The highest BCUT2D eigenvalue weighted by Gasteiger charge is 2.31. The molecule has 0 bridgehead atoms. The van der Waals surface area contributed by atoms with E-state index in [-0.39, 0.29) is 11.8 Å². The van der Waals surface area contributed by atoms with E-state index in [4.69, 9.17) is 14.2 Å². The fourth-order valence-electron chi connectivity index (χ4n) is 4.68. The Kier molecular flexibility index (Phi) is 4.97. The summed E-state index contributed by atoms with van der Waals surface area (Å²) in [4.78, 5) is 15.9. The van der Waals surface area contributed by atoms with Crippen molar-refractivity contribution in [2.45, 2.75) is 13.0 Å². The van der Waals surface area contributed by atoms with Gasteiger partial charge in [0.1, 0.15) is 18.1 Å². The zero-order valence-electron chi connectivity index (χ0n) is 17.4. The predicted molar refractivity (Wildman–Crippen MR) is 115 cm³/mol. The highest BCUT2D eigenvalue weighted by atomic mass is 16.5. The molecule has 30 heavy (non-hydrogen) atoms. The third-order valence-electron chi connectivity index (χ3n) is 6.18. The van der Waals surface area contributed by atoms with E-state index in [0.29, 0.717) is 12.2 Å². The third kappa shape index (κ3) is 3.16. The van der Waals surface area contributed by atoms with Crippen molar-refractivity contribution in [1.29, 1.82) is 0 Å². The maximum Gasteiger partial charge on any atom is 0.195 e. The van der Waals surface area contributed by atoms with Crippen molar-refractivity contribution in [3.05, 3.63) is 59.3 Å². The number of nitrogens with zero attached hydrogens (tertiary/aromatic N) is 2. The number of hydrogen-bond acceptors (Lipinski definition) is 5. The fraction of sp³-hybridized carbons (Fsp3) is 0.375. The molecule has 0 N–H and O–H groups in total. The standard InChI is InChI=1S/C24H26N2O4/c1-16-22(24(27)17-6-8-19(28-2)9-7-17)20-4-3-5-21-23(20)26(16)18(15-30-21)14-25-10-12-29-13-11-25/h3-9,18H,10-15H2,1-2H3/t18-/m0/s1. The molecular formula is C24H26N2O4. The van der Waals surface area contributed by atoms with Gasteiger partial charge in [-0.05, 0) is 37.3 Å². The number of carbonyl (C=O) groups excluding carboxylic acids is 1. The Morgan fingerprint density at radius 2 is 1.90 bits per heavy atom. The molecule has 3 heterocycles. The van der Waals surface area contributed by atoms with E-state index < -0.39 is 0 Å². The highest BCUT2D eigenvalue weighted by molar-refractivity contribution is 6.18. The molecule has 0 radical (unpaired) electrons. The molecular weight excluding hydrogens is 380 g/mol. The molecule has 0 saturated carbocycles. The number of hydrogen-bond donors (Lipinski definition) is 0. The Hall–Kier alpha value is -2.83. The summed E-state index contributed by atoms with van der Waals surface area (Å²) in [5.74, 6) is 1.62. The molecule has 2 aliphatic rings. The van der Waals surface area contributed by atoms with Crippen molar-refractivity contribution >= 4 is 16.7 Å². The number of rotatable bonds is 5. The minimum Gasteiger partial charge on any atom is -0.497 e.